The molecular formula is C41H41Cl2F2N3O8. The SMILES string of the molecule is COc1ccc(C(Nc2cccc(C(=O)O[C@@H](Cc3c(Cl)c[n+]([O-])cc3Cl)c3ccc(OC(F)F)c(OCC4CC4)c3)c2)C(=O)O[C@H]2CN3CCC2CC3)cc1. The maximum Gasteiger partial charge on any atom is 0.387 e. The number of aromatic nitrogens is 1. The third-order valence-corrected chi connectivity index (χ3v) is 11.0. The third-order valence-electron chi connectivity index (χ3n) is 10.4. The molecule has 3 saturated heterocycles. The van der Waals surface area contributed by atoms with E-state index in [4.69, 9.17) is 46.9 Å². The fraction of sp³-hybridized carbons (Fsp3) is 0.390. The van der Waals surface area contributed by atoms with Gasteiger partial charge < -0.3 is 34.2 Å². The molecule has 0 amide bonds. The highest BCUT2D eigenvalue weighted by Crippen LogP contribution is 2.38. The molecule has 296 valence electrons. The second-order valence-electron chi connectivity index (χ2n) is 14.3. The molecule has 3 atom stereocenters. The highest BCUT2D eigenvalue weighted by atomic mass is 35.5. The number of hydrogen-bond acceptors (Lipinski definition) is 10. The average Bonchev–Trinajstić information content (AvgIpc) is 4.02. The van der Waals surface area contributed by atoms with E-state index in [2.05, 4.69) is 10.2 Å². The first-order valence-electron chi connectivity index (χ1n) is 18.5. The Bertz CT molecular complexity index is 2010. The van der Waals surface area contributed by atoms with Crippen LogP contribution < -0.4 is 24.3 Å². The van der Waals surface area contributed by atoms with Crippen LogP contribution in [0.15, 0.2) is 79.1 Å². The molecule has 11 nitrogen and oxygen atoms in total. The fourth-order valence-electron chi connectivity index (χ4n) is 7.10. The van der Waals surface area contributed by atoms with Crippen molar-refractivity contribution in [2.45, 2.75) is 57.0 Å². The van der Waals surface area contributed by atoms with Crippen LogP contribution >= 0.6 is 23.2 Å². The van der Waals surface area contributed by atoms with E-state index in [1.807, 2.05) is 0 Å². The van der Waals surface area contributed by atoms with Crippen LogP contribution in [0.1, 0.15) is 64.9 Å². The molecule has 1 aliphatic carbocycles. The van der Waals surface area contributed by atoms with Crippen molar-refractivity contribution in [3.05, 3.63) is 117 Å². The van der Waals surface area contributed by atoms with E-state index >= 15 is 0 Å². The standard InChI is InChI=1S/C41H41Cl2F2N3O8/c1-52-30-10-7-26(8-11-30)38(40(50)55-37-22-47-15-13-25(37)14-16-47)46-29-4-2-3-28(17-29)39(49)54-35(19-31-32(42)20-48(51)21-33(31)43)27-9-12-34(56-41(44)45)36(18-27)53-23-24-5-6-24/h2-4,7-12,17-18,20-21,24-25,35,37-38,41,46H,5-6,13-16,19,22-23H2,1H3/t35-,37-,38?/m0/s1. The summed E-state index contributed by atoms with van der Waals surface area (Å²) < 4.78 is 55.3. The lowest BCUT2D eigenvalue weighted by atomic mass is 9.86. The van der Waals surface area contributed by atoms with E-state index in [-0.39, 0.29) is 39.6 Å². The van der Waals surface area contributed by atoms with Crippen LogP contribution in [0.3, 0.4) is 0 Å². The zero-order valence-corrected chi connectivity index (χ0v) is 32.0. The predicted octanol–water partition coefficient (Wildman–Crippen LogP) is 7.96. The van der Waals surface area contributed by atoms with Gasteiger partial charge in [0.2, 0.25) is 0 Å². The number of nitrogens with one attached hydrogen (secondary N) is 1. The highest BCUT2D eigenvalue weighted by Gasteiger charge is 2.38. The number of anilines is 1. The maximum absolute atomic E-state index is 14.0. The first-order valence-corrected chi connectivity index (χ1v) is 19.2. The number of pyridine rings is 1. The van der Waals surface area contributed by atoms with Gasteiger partial charge in [-0.3, -0.25) is 4.90 Å². The minimum Gasteiger partial charge on any atom is -0.619 e. The van der Waals surface area contributed by atoms with Crippen molar-refractivity contribution in [2.24, 2.45) is 11.8 Å². The predicted molar refractivity (Wildman–Crippen MR) is 203 cm³/mol. The molecule has 4 fully saturated rings. The van der Waals surface area contributed by atoms with E-state index in [9.17, 15) is 23.6 Å². The summed E-state index contributed by atoms with van der Waals surface area (Å²) in [4.78, 5) is 30.2. The lowest BCUT2D eigenvalue weighted by Gasteiger charge is -2.44. The summed E-state index contributed by atoms with van der Waals surface area (Å²) in [5.74, 6) is -0.0707. The van der Waals surface area contributed by atoms with Crippen LogP contribution in [0.4, 0.5) is 14.5 Å². The molecule has 8 rings (SSSR count). The lowest BCUT2D eigenvalue weighted by Crippen LogP contribution is -2.52. The number of piperidine rings is 3. The summed E-state index contributed by atoms with van der Waals surface area (Å²) >= 11 is 12.9. The maximum atomic E-state index is 14.0. The Hall–Kier alpha value is -4.85. The van der Waals surface area contributed by atoms with Crippen molar-refractivity contribution in [3.8, 4) is 17.2 Å². The summed E-state index contributed by atoms with van der Waals surface area (Å²) in [7, 11) is 1.56. The van der Waals surface area contributed by atoms with Crippen molar-refractivity contribution >= 4 is 40.8 Å². The van der Waals surface area contributed by atoms with Gasteiger partial charge >= 0.3 is 18.6 Å². The molecule has 0 spiro atoms. The Morgan fingerprint density at radius 1 is 0.946 bits per heavy atom. The molecule has 1 N–H and O–H groups in total. The smallest absolute Gasteiger partial charge is 0.387 e. The molecule has 4 heterocycles. The summed E-state index contributed by atoms with van der Waals surface area (Å²) in [6.07, 6.45) is 4.76. The average molecular weight is 813 g/mol. The molecule has 1 unspecified atom stereocenters. The van der Waals surface area contributed by atoms with Crippen molar-refractivity contribution in [1.29, 1.82) is 0 Å². The number of methoxy groups -OCH3 is 1. The van der Waals surface area contributed by atoms with E-state index in [1.54, 1.807) is 55.6 Å². The molecule has 56 heavy (non-hydrogen) atoms. The van der Waals surface area contributed by atoms with Crippen LogP contribution in [0.25, 0.3) is 0 Å². The third kappa shape index (κ3) is 9.74. The van der Waals surface area contributed by atoms with Gasteiger partial charge in [0.1, 0.15) is 28.0 Å². The number of fused-ring (bicyclic) bond motifs is 3. The van der Waals surface area contributed by atoms with Crippen molar-refractivity contribution in [3.63, 3.8) is 0 Å². The zero-order valence-electron chi connectivity index (χ0n) is 30.5. The number of carbonyl (C=O) groups excluding carboxylic acids is 2. The first kappa shape index (κ1) is 39.4. The Labute approximate surface area is 332 Å². The van der Waals surface area contributed by atoms with Gasteiger partial charge in [-0.1, -0.05) is 47.5 Å². The minimum absolute atomic E-state index is 0.0392. The highest BCUT2D eigenvalue weighted by molar-refractivity contribution is 6.35. The Kier molecular flexibility index (Phi) is 12.3. The minimum atomic E-state index is -3.09. The summed E-state index contributed by atoms with van der Waals surface area (Å²) in [6.45, 7) is -0.0893. The number of hydrogen-bond donors (Lipinski definition) is 1. The second kappa shape index (κ2) is 17.5. The number of alkyl halides is 2. The van der Waals surface area contributed by atoms with Gasteiger partial charge in [-0.05, 0) is 104 Å². The van der Waals surface area contributed by atoms with Crippen LogP contribution in [0.5, 0.6) is 17.2 Å². The van der Waals surface area contributed by atoms with E-state index in [0.717, 1.165) is 51.2 Å². The van der Waals surface area contributed by atoms with Gasteiger partial charge in [0.05, 0.1) is 19.3 Å². The van der Waals surface area contributed by atoms with Crippen LogP contribution in [0.2, 0.25) is 10.0 Å². The molecule has 0 radical (unpaired) electrons. The number of esters is 2. The van der Waals surface area contributed by atoms with Crippen LogP contribution in [-0.2, 0) is 20.7 Å². The van der Waals surface area contributed by atoms with Gasteiger partial charge in [-0.2, -0.15) is 13.5 Å². The number of rotatable bonds is 16. The lowest BCUT2D eigenvalue weighted by molar-refractivity contribution is -0.605. The van der Waals surface area contributed by atoms with Crippen LogP contribution in [-0.4, -0.2) is 62.9 Å². The number of ether oxygens (including phenoxy) is 5. The molecule has 4 aromatic rings. The van der Waals surface area contributed by atoms with Gasteiger partial charge in [-0.15, -0.1) is 0 Å². The van der Waals surface area contributed by atoms with Gasteiger partial charge in [0, 0.05) is 24.2 Å². The van der Waals surface area contributed by atoms with Crippen molar-refractivity contribution in [1.82, 2.24) is 4.90 Å². The zero-order chi connectivity index (χ0) is 39.3. The second-order valence-corrected chi connectivity index (χ2v) is 15.1. The molecule has 1 saturated carbocycles. The normalized spacial score (nSPS) is 19.9. The Morgan fingerprint density at radius 2 is 1.66 bits per heavy atom. The number of nitrogens with zero attached hydrogens (tertiary/aromatic N) is 2. The van der Waals surface area contributed by atoms with Crippen LogP contribution in [0, 0.1) is 17.0 Å². The van der Waals surface area contributed by atoms with Gasteiger partial charge in [0.15, 0.2) is 29.9 Å². The largest absolute Gasteiger partial charge is 0.619 e. The number of benzene rings is 3. The van der Waals surface area contributed by atoms with E-state index in [0.29, 0.717) is 57.8 Å². The molecule has 2 bridgehead atoms. The summed E-state index contributed by atoms with van der Waals surface area (Å²) in [6, 6.07) is 16.9. The van der Waals surface area contributed by atoms with Gasteiger partial charge in [-0.25, -0.2) is 9.59 Å². The number of carbonyl (C=O) groups is 2. The molecular weight excluding hydrogens is 771 g/mol. The molecule has 4 aliphatic rings. The summed E-state index contributed by atoms with van der Waals surface area (Å²) in [5, 5.41) is 15.4. The summed E-state index contributed by atoms with van der Waals surface area (Å²) in [5.41, 5.74) is 1.93. The molecule has 3 aliphatic heterocycles. The Balaban J connectivity index is 1.15. The quantitative estimate of drug-likeness (QED) is 0.0678. The van der Waals surface area contributed by atoms with Gasteiger partial charge in [0.25, 0.3) is 0 Å². The monoisotopic (exact) mass is 811 g/mol. The molecule has 3 aromatic carbocycles. The number of halogens is 4. The van der Waals surface area contributed by atoms with Crippen molar-refractivity contribution < 1.29 is 46.8 Å². The Morgan fingerprint density at radius 3 is 2.30 bits per heavy atom. The van der Waals surface area contributed by atoms with E-state index < -0.39 is 30.7 Å². The molecule has 1 aromatic heterocycles. The van der Waals surface area contributed by atoms with Crippen molar-refractivity contribution in [2.75, 3.05) is 38.7 Å². The topological polar surface area (TPSA) is 122 Å². The molecule has 15 heteroatoms. The fourth-order valence-corrected chi connectivity index (χ4v) is 7.70. The van der Waals surface area contributed by atoms with E-state index in [1.165, 1.54) is 18.2 Å². The first-order chi connectivity index (χ1) is 27.0.